The number of rotatable bonds is 10. The zero-order chi connectivity index (χ0) is 20.4. The van der Waals surface area contributed by atoms with Gasteiger partial charge >= 0.3 is 12.0 Å². The highest BCUT2D eigenvalue weighted by atomic mass is 16.5. The highest BCUT2D eigenvalue weighted by molar-refractivity contribution is 5.98. The van der Waals surface area contributed by atoms with Crippen molar-refractivity contribution >= 4 is 17.9 Å². The number of imide groups is 1. The molecule has 1 rings (SSSR count). The van der Waals surface area contributed by atoms with E-state index < -0.39 is 24.0 Å². The molecule has 0 spiro atoms. The molecule has 27 heavy (non-hydrogen) atoms. The molecular formula is C19H28N2O6. The minimum atomic E-state index is -1.15. The summed E-state index contributed by atoms with van der Waals surface area (Å²) in [6, 6.07) is 3.68. The summed E-state index contributed by atoms with van der Waals surface area (Å²) in [7, 11) is 0. The van der Waals surface area contributed by atoms with Crippen LogP contribution in [-0.4, -0.2) is 37.2 Å². The summed E-state index contributed by atoms with van der Waals surface area (Å²) in [4.78, 5) is 35.4. The number of esters is 1. The Morgan fingerprint density at radius 1 is 1.04 bits per heavy atom. The zero-order valence-corrected chi connectivity index (χ0v) is 16.2. The maximum atomic E-state index is 12.5. The molecule has 0 aliphatic carbocycles. The van der Waals surface area contributed by atoms with Crippen LogP contribution in [0.1, 0.15) is 50.9 Å². The second-order valence-corrected chi connectivity index (χ2v) is 6.28. The third kappa shape index (κ3) is 7.16. The SMILES string of the molecule is CCCOc1ccc(C(=O)O[C@H](C(=O)NC(N)=O)C(C)C)cc1OCCC. The number of hydrogen-bond acceptors (Lipinski definition) is 6. The van der Waals surface area contributed by atoms with Gasteiger partial charge in [-0.15, -0.1) is 0 Å². The molecule has 0 unspecified atom stereocenters. The van der Waals surface area contributed by atoms with Gasteiger partial charge in [0, 0.05) is 0 Å². The quantitative estimate of drug-likeness (QED) is 0.603. The number of carbonyl (C=O) groups is 3. The number of primary amides is 1. The van der Waals surface area contributed by atoms with Crippen molar-refractivity contribution in [2.75, 3.05) is 13.2 Å². The van der Waals surface area contributed by atoms with Gasteiger partial charge in [-0.2, -0.15) is 0 Å². The van der Waals surface area contributed by atoms with E-state index in [9.17, 15) is 14.4 Å². The fourth-order valence-electron chi connectivity index (χ4n) is 2.16. The van der Waals surface area contributed by atoms with E-state index in [-0.39, 0.29) is 11.5 Å². The summed E-state index contributed by atoms with van der Waals surface area (Å²) in [5.41, 5.74) is 5.16. The van der Waals surface area contributed by atoms with Crippen LogP contribution in [0.25, 0.3) is 0 Å². The van der Waals surface area contributed by atoms with Crippen molar-refractivity contribution in [3.63, 3.8) is 0 Å². The Morgan fingerprint density at radius 3 is 2.15 bits per heavy atom. The summed E-state index contributed by atoms with van der Waals surface area (Å²) in [6.07, 6.45) is 0.480. The molecule has 0 fully saturated rings. The van der Waals surface area contributed by atoms with E-state index in [4.69, 9.17) is 19.9 Å². The lowest BCUT2D eigenvalue weighted by Crippen LogP contribution is -2.45. The molecule has 0 radical (unpaired) electrons. The van der Waals surface area contributed by atoms with Gasteiger partial charge in [0.15, 0.2) is 17.6 Å². The fraction of sp³-hybridized carbons (Fsp3) is 0.526. The van der Waals surface area contributed by atoms with Crippen LogP contribution in [0.3, 0.4) is 0 Å². The standard InChI is InChI=1S/C19H28N2O6/c1-5-9-25-14-8-7-13(11-15(14)26-10-6-2)18(23)27-16(12(3)4)17(22)21-19(20)24/h7-8,11-12,16H,5-6,9-10H2,1-4H3,(H3,20,21,22,24)/t16-/m0/s1. The molecular weight excluding hydrogens is 352 g/mol. The van der Waals surface area contributed by atoms with Gasteiger partial charge in [-0.3, -0.25) is 10.1 Å². The lowest BCUT2D eigenvalue weighted by molar-refractivity contribution is -0.130. The Balaban J connectivity index is 2.99. The largest absolute Gasteiger partial charge is 0.490 e. The maximum absolute atomic E-state index is 12.5. The molecule has 0 aliphatic rings. The van der Waals surface area contributed by atoms with E-state index >= 15 is 0 Å². The van der Waals surface area contributed by atoms with Gasteiger partial charge in [-0.25, -0.2) is 9.59 Å². The lowest BCUT2D eigenvalue weighted by atomic mass is 10.1. The molecule has 1 aromatic rings. The lowest BCUT2D eigenvalue weighted by Gasteiger charge is -2.20. The van der Waals surface area contributed by atoms with Gasteiger partial charge in [-0.05, 0) is 37.0 Å². The normalized spacial score (nSPS) is 11.6. The van der Waals surface area contributed by atoms with Crippen LogP contribution in [0, 0.1) is 5.92 Å². The van der Waals surface area contributed by atoms with Crippen LogP contribution in [-0.2, 0) is 9.53 Å². The number of amides is 3. The number of benzene rings is 1. The van der Waals surface area contributed by atoms with Crippen molar-refractivity contribution in [3.8, 4) is 11.5 Å². The van der Waals surface area contributed by atoms with Gasteiger partial charge in [-0.1, -0.05) is 27.7 Å². The number of ether oxygens (including phenoxy) is 3. The Bertz CT molecular complexity index is 660. The second kappa shape index (κ2) is 11.1. The first-order chi connectivity index (χ1) is 12.8. The number of carbonyl (C=O) groups excluding carboxylic acids is 3. The van der Waals surface area contributed by atoms with Gasteiger partial charge in [0.1, 0.15) is 0 Å². The summed E-state index contributed by atoms with van der Waals surface area (Å²) in [5.74, 6) is -0.861. The maximum Gasteiger partial charge on any atom is 0.339 e. The predicted molar refractivity (Wildman–Crippen MR) is 99.8 cm³/mol. The molecule has 8 heteroatoms. The zero-order valence-electron chi connectivity index (χ0n) is 16.2. The van der Waals surface area contributed by atoms with E-state index in [0.29, 0.717) is 24.7 Å². The van der Waals surface area contributed by atoms with Gasteiger partial charge < -0.3 is 19.9 Å². The Labute approximate surface area is 159 Å². The van der Waals surface area contributed by atoms with Crippen LogP contribution < -0.4 is 20.5 Å². The van der Waals surface area contributed by atoms with Crippen LogP contribution in [0.5, 0.6) is 11.5 Å². The number of nitrogens with two attached hydrogens (primary N) is 1. The first-order valence-electron chi connectivity index (χ1n) is 9.01. The van der Waals surface area contributed by atoms with Crippen LogP contribution in [0.15, 0.2) is 18.2 Å². The number of nitrogens with one attached hydrogen (secondary N) is 1. The van der Waals surface area contributed by atoms with Crippen LogP contribution >= 0.6 is 0 Å². The molecule has 8 nitrogen and oxygen atoms in total. The van der Waals surface area contributed by atoms with Gasteiger partial charge in [0.25, 0.3) is 5.91 Å². The molecule has 1 aromatic carbocycles. The molecule has 3 amide bonds. The second-order valence-electron chi connectivity index (χ2n) is 6.28. The van der Waals surface area contributed by atoms with E-state index in [0.717, 1.165) is 12.8 Å². The van der Waals surface area contributed by atoms with E-state index in [1.54, 1.807) is 19.9 Å². The molecule has 0 saturated carbocycles. The van der Waals surface area contributed by atoms with Crippen molar-refractivity contribution in [1.82, 2.24) is 5.32 Å². The van der Waals surface area contributed by atoms with Crippen molar-refractivity contribution in [1.29, 1.82) is 0 Å². The average Bonchev–Trinajstić information content (AvgIpc) is 2.61. The number of urea groups is 1. The van der Waals surface area contributed by atoms with Crippen molar-refractivity contribution in [2.24, 2.45) is 11.7 Å². The van der Waals surface area contributed by atoms with Crippen LogP contribution in [0.2, 0.25) is 0 Å². The van der Waals surface area contributed by atoms with Crippen LogP contribution in [0.4, 0.5) is 4.79 Å². The van der Waals surface area contributed by atoms with E-state index in [1.807, 2.05) is 19.2 Å². The topological polar surface area (TPSA) is 117 Å². The molecule has 0 saturated heterocycles. The van der Waals surface area contributed by atoms with Crippen molar-refractivity contribution in [3.05, 3.63) is 23.8 Å². The smallest absolute Gasteiger partial charge is 0.339 e. The first-order valence-corrected chi connectivity index (χ1v) is 9.01. The Kier molecular flexibility index (Phi) is 9.12. The highest BCUT2D eigenvalue weighted by Gasteiger charge is 2.28. The molecule has 1 atom stereocenters. The minimum absolute atomic E-state index is 0.211. The Morgan fingerprint density at radius 2 is 1.63 bits per heavy atom. The minimum Gasteiger partial charge on any atom is -0.490 e. The molecule has 150 valence electrons. The van der Waals surface area contributed by atoms with Gasteiger partial charge in [0.05, 0.1) is 18.8 Å². The average molecular weight is 380 g/mol. The Hall–Kier alpha value is -2.77. The van der Waals surface area contributed by atoms with E-state index in [1.165, 1.54) is 12.1 Å². The molecule has 3 N–H and O–H groups in total. The van der Waals surface area contributed by atoms with Crippen molar-refractivity contribution < 1.29 is 28.6 Å². The van der Waals surface area contributed by atoms with Gasteiger partial charge in [0.2, 0.25) is 0 Å². The predicted octanol–water partition coefficient (Wildman–Crippen LogP) is 2.64. The highest BCUT2D eigenvalue weighted by Crippen LogP contribution is 2.29. The third-order valence-electron chi connectivity index (χ3n) is 3.45. The molecule has 0 bridgehead atoms. The third-order valence-corrected chi connectivity index (χ3v) is 3.45. The number of hydrogen-bond donors (Lipinski definition) is 2. The molecule has 0 aromatic heterocycles. The summed E-state index contributed by atoms with van der Waals surface area (Å²) < 4.78 is 16.6. The molecule has 0 aliphatic heterocycles. The van der Waals surface area contributed by atoms with Crippen molar-refractivity contribution in [2.45, 2.75) is 46.6 Å². The monoisotopic (exact) mass is 380 g/mol. The summed E-state index contributed by atoms with van der Waals surface area (Å²) in [6.45, 7) is 8.33. The molecule has 0 heterocycles. The summed E-state index contributed by atoms with van der Waals surface area (Å²) in [5, 5.41) is 1.93. The first kappa shape index (κ1) is 22.3. The fourth-order valence-corrected chi connectivity index (χ4v) is 2.16. The van der Waals surface area contributed by atoms with E-state index in [2.05, 4.69) is 0 Å². The summed E-state index contributed by atoms with van der Waals surface area (Å²) >= 11 is 0.